The highest BCUT2D eigenvalue weighted by atomic mass is 16.6. The molecule has 0 bridgehead atoms. The maximum atomic E-state index is 12.8. The summed E-state index contributed by atoms with van der Waals surface area (Å²) >= 11 is 0. The van der Waals surface area contributed by atoms with Crippen molar-refractivity contribution < 1.29 is 28.6 Å². The number of hydrogen-bond donors (Lipinski definition) is 0. The molecule has 0 saturated heterocycles. The van der Waals surface area contributed by atoms with Crippen LogP contribution < -0.4 is 0 Å². The quantitative estimate of drug-likeness (QED) is 0.0261. The van der Waals surface area contributed by atoms with Crippen LogP contribution in [-0.2, 0) is 28.6 Å². The van der Waals surface area contributed by atoms with E-state index in [1.807, 2.05) is 6.08 Å². The van der Waals surface area contributed by atoms with Crippen molar-refractivity contribution >= 4 is 17.9 Å². The van der Waals surface area contributed by atoms with Gasteiger partial charge >= 0.3 is 17.9 Å². The molecule has 6 heteroatoms. The first kappa shape index (κ1) is 71.3. The summed E-state index contributed by atoms with van der Waals surface area (Å²) < 4.78 is 16.8. The molecule has 0 aromatic carbocycles. The third-order valence-corrected chi connectivity index (χ3v) is 13.6. The number of unbranched alkanes of at least 4 members (excludes halogenated alkanes) is 30. The van der Waals surface area contributed by atoms with Crippen molar-refractivity contribution in [1.29, 1.82) is 0 Å². The molecular weight excluding hydrogens is 925 g/mol. The van der Waals surface area contributed by atoms with Crippen LogP contribution >= 0.6 is 0 Å². The highest BCUT2D eigenvalue weighted by Gasteiger charge is 2.19. The normalized spacial score (nSPS) is 12.7. The zero-order valence-corrected chi connectivity index (χ0v) is 49.3. The summed E-state index contributed by atoms with van der Waals surface area (Å²) in [5, 5.41) is 0. The number of ether oxygens (including phenoxy) is 3. The number of carbonyl (C=O) groups is 3. The van der Waals surface area contributed by atoms with Gasteiger partial charge in [-0.2, -0.15) is 0 Å². The van der Waals surface area contributed by atoms with Gasteiger partial charge in [0.1, 0.15) is 13.2 Å². The van der Waals surface area contributed by atoms with Crippen molar-refractivity contribution in [3.05, 3.63) is 97.2 Å². The molecule has 0 aliphatic carbocycles. The Hall–Kier alpha value is -3.67. The van der Waals surface area contributed by atoms with E-state index in [1.165, 1.54) is 167 Å². The molecule has 0 heterocycles. The molecule has 0 amide bonds. The lowest BCUT2D eigenvalue weighted by Gasteiger charge is -2.18. The molecule has 0 spiro atoms. The van der Waals surface area contributed by atoms with E-state index in [4.69, 9.17) is 14.2 Å². The molecule has 0 aromatic rings. The van der Waals surface area contributed by atoms with Crippen molar-refractivity contribution in [1.82, 2.24) is 0 Å². The van der Waals surface area contributed by atoms with Gasteiger partial charge in [0, 0.05) is 19.3 Å². The third-order valence-electron chi connectivity index (χ3n) is 13.6. The maximum absolute atomic E-state index is 12.8. The van der Waals surface area contributed by atoms with Crippen LogP contribution in [0.4, 0.5) is 0 Å². The molecule has 0 fully saturated rings. The minimum atomic E-state index is -0.811. The number of hydrogen-bond acceptors (Lipinski definition) is 6. The van der Waals surface area contributed by atoms with E-state index in [9.17, 15) is 14.4 Å². The van der Waals surface area contributed by atoms with Gasteiger partial charge in [-0.25, -0.2) is 0 Å². The van der Waals surface area contributed by atoms with Gasteiger partial charge in [0.15, 0.2) is 6.10 Å². The first-order valence-corrected chi connectivity index (χ1v) is 31.7. The Bertz CT molecular complexity index is 1480. The minimum Gasteiger partial charge on any atom is -0.462 e. The van der Waals surface area contributed by atoms with Crippen LogP contribution in [0.2, 0.25) is 0 Å². The summed E-state index contributed by atoms with van der Waals surface area (Å²) in [5.74, 6) is -0.975. The zero-order chi connectivity index (χ0) is 54.3. The second-order valence-corrected chi connectivity index (χ2v) is 20.9. The van der Waals surface area contributed by atoms with Gasteiger partial charge in [0.25, 0.3) is 0 Å². The first-order chi connectivity index (χ1) is 37.0. The van der Waals surface area contributed by atoms with E-state index in [1.54, 1.807) is 0 Å². The van der Waals surface area contributed by atoms with Gasteiger partial charge in [0.05, 0.1) is 0 Å². The molecule has 0 aliphatic heterocycles. The molecule has 0 radical (unpaired) electrons. The molecule has 0 rings (SSSR count). The van der Waals surface area contributed by atoms with E-state index in [-0.39, 0.29) is 37.5 Å². The molecule has 0 saturated carbocycles. The topological polar surface area (TPSA) is 78.9 Å². The van der Waals surface area contributed by atoms with E-state index < -0.39 is 6.10 Å². The van der Waals surface area contributed by atoms with E-state index in [2.05, 4.69) is 112 Å². The lowest BCUT2D eigenvalue weighted by Crippen LogP contribution is -2.30. The Morgan fingerprint density at radius 3 is 0.867 bits per heavy atom. The fourth-order valence-electron chi connectivity index (χ4n) is 8.92. The number of carbonyl (C=O) groups excluding carboxylic acids is 3. The molecule has 0 aromatic heterocycles. The van der Waals surface area contributed by atoms with E-state index in [0.29, 0.717) is 19.3 Å². The lowest BCUT2D eigenvalue weighted by atomic mass is 10.0. The van der Waals surface area contributed by atoms with Crippen molar-refractivity contribution in [2.24, 2.45) is 0 Å². The Morgan fingerprint density at radius 1 is 0.280 bits per heavy atom. The van der Waals surface area contributed by atoms with Crippen molar-refractivity contribution in [3.63, 3.8) is 0 Å². The molecular formula is C69H118O6. The predicted molar refractivity (Wildman–Crippen MR) is 325 cm³/mol. The van der Waals surface area contributed by atoms with Crippen LogP contribution in [-0.4, -0.2) is 37.2 Å². The van der Waals surface area contributed by atoms with Gasteiger partial charge in [-0.15, -0.1) is 0 Å². The van der Waals surface area contributed by atoms with E-state index >= 15 is 0 Å². The Kier molecular flexibility index (Phi) is 59.8. The average molecular weight is 1040 g/mol. The summed E-state index contributed by atoms with van der Waals surface area (Å²) in [7, 11) is 0. The summed E-state index contributed by atoms with van der Waals surface area (Å²) in [6.07, 6.45) is 84.6. The highest BCUT2D eigenvalue weighted by Crippen LogP contribution is 2.17. The summed E-state index contributed by atoms with van der Waals surface area (Å²) in [6.45, 7) is 6.36. The number of rotatable bonds is 57. The van der Waals surface area contributed by atoms with Crippen molar-refractivity contribution in [2.75, 3.05) is 13.2 Å². The van der Waals surface area contributed by atoms with E-state index in [0.717, 1.165) is 89.9 Å². The fourth-order valence-corrected chi connectivity index (χ4v) is 8.92. The Labute approximate surface area is 464 Å². The molecule has 75 heavy (non-hydrogen) atoms. The second kappa shape index (κ2) is 62.9. The monoisotopic (exact) mass is 1040 g/mol. The molecule has 1 atom stereocenters. The Morgan fingerprint density at radius 2 is 0.547 bits per heavy atom. The predicted octanol–water partition coefficient (Wildman–Crippen LogP) is 21.7. The highest BCUT2D eigenvalue weighted by molar-refractivity contribution is 5.71. The van der Waals surface area contributed by atoms with Crippen LogP contribution in [0.15, 0.2) is 97.2 Å². The largest absolute Gasteiger partial charge is 0.462 e. The van der Waals surface area contributed by atoms with Gasteiger partial charge < -0.3 is 14.2 Å². The SMILES string of the molecule is CC/C=C\C/C=C\C/C=C\C/C=C\CCCCCCCCCCCCCCCCCCCCCCC(=O)OCC(COC(=O)CCCCCCCCCCCCC)OC(=O)CC/C=C\C/C=C\C/C=C\C/C=C\CC. The molecule has 0 aliphatic rings. The maximum Gasteiger partial charge on any atom is 0.306 e. The summed E-state index contributed by atoms with van der Waals surface area (Å²) in [6, 6.07) is 0. The second-order valence-electron chi connectivity index (χ2n) is 20.9. The van der Waals surface area contributed by atoms with Crippen LogP contribution in [0.25, 0.3) is 0 Å². The number of allylic oxidation sites excluding steroid dienone is 16. The van der Waals surface area contributed by atoms with Crippen LogP contribution in [0.1, 0.15) is 303 Å². The molecule has 430 valence electrons. The lowest BCUT2D eigenvalue weighted by molar-refractivity contribution is -0.166. The average Bonchev–Trinajstić information content (AvgIpc) is 3.41. The molecule has 6 nitrogen and oxygen atoms in total. The zero-order valence-electron chi connectivity index (χ0n) is 49.3. The molecule has 1 unspecified atom stereocenters. The smallest absolute Gasteiger partial charge is 0.306 e. The van der Waals surface area contributed by atoms with Gasteiger partial charge in [-0.3, -0.25) is 14.4 Å². The molecule has 0 N–H and O–H groups in total. The van der Waals surface area contributed by atoms with Crippen LogP contribution in [0, 0.1) is 0 Å². The number of esters is 3. The standard InChI is InChI=1S/C69H118O6/c1-4-7-10-13-16-19-22-24-25-26-27-28-29-30-31-32-33-34-35-36-37-38-39-40-41-42-43-45-47-50-53-56-59-62-68(71)74-65-66(64-73-67(70)61-58-55-52-49-46-21-18-15-12-9-6-3)75-69(72)63-60-57-54-51-48-44-23-20-17-14-11-8-5-2/h7-8,10-11,16-17,19-20,24-25,27-28,44,48,54,57,66H,4-6,9,12-15,18,21-23,26,29-43,45-47,49-53,55-56,58-65H2,1-3H3/b10-7-,11-8-,19-16-,20-17-,25-24-,28-27-,48-44-,57-54-. The van der Waals surface area contributed by atoms with Gasteiger partial charge in [-0.1, -0.05) is 298 Å². The summed E-state index contributed by atoms with van der Waals surface area (Å²) in [4.78, 5) is 38.1. The fraction of sp³-hybridized carbons (Fsp3) is 0.725. The summed E-state index contributed by atoms with van der Waals surface area (Å²) in [5.41, 5.74) is 0. The minimum absolute atomic E-state index is 0.101. The Balaban J connectivity index is 4.10. The van der Waals surface area contributed by atoms with Crippen LogP contribution in [0.5, 0.6) is 0 Å². The van der Waals surface area contributed by atoms with Crippen molar-refractivity contribution in [2.45, 2.75) is 309 Å². The van der Waals surface area contributed by atoms with Crippen molar-refractivity contribution in [3.8, 4) is 0 Å². The third kappa shape index (κ3) is 61.1. The van der Waals surface area contributed by atoms with Crippen LogP contribution in [0.3, 0.4) is 0 Å². The van der Waals surface area contributed by atoms with Gasteiger partial charge in [0.2, 0.25) is 0 Å². The van der Waals surface area contributed by atoms with Gasteiger partial charge in [-0.05, 0) is 83.5 Å². The first-order valence-electron chi connectivity index (χ1n) is 31.7.